The van der Waals surface area contributed by atoms with Crippen LogP contribution in [0.3, 0.4) is 0 Å². The highest BCUT2D eigenvalue weighted by Crippen LogP contribution is 2.72. The number of carbonyl (C=O) groups is 2. The SMILES string of the molecule is O=C1C[C@]2(CC2(c2ccccc2)c2ccccc2)C(=O)N1c1ccc(Br)cc1. The number of halogens is 1. The van der Waals surface area contributed by atoms with Gasteiger partial charge in [-0.25, -0.2) is 0 Å². The maximum Gasteiger partial charge on any atom is 0.241 e. The van der Waals surface area contributed by atoms with Crippen LogP contribution in [0.2, 0.25) is 0 Å². The van der Waals surface area contributed by atoms with Crippen LogP contribution in [-0.2, 0) is 15.0 Å². The van der Waals surface area contributed by atoms with Gasteiger partial charge in [-0.05, 0) is 41.8 Å². The fraction of sp³-hybridized carbons (Fsp3) is 0.167. The highest BCUT2D eigenvalue weighted by Gasteiger charge is 2.77. The molecule has 0 N–H and O–H groups in total. The number of rotatable bonds is 3. The molecule has 4 heteroatoms. The lowest BCUT2D eigenvalue weighted by Gasteiger charge is -2.23. The van der Waals surface area contributed by atoms with E-state index in [9.17, 15) is 9.59 Å². The summed E-state index contributed by atoms with van der Waals surface area (Å²) in [7, 11) is 0. The fourth-order valence-electron chi connectivity index (χ4n) is 4.84. The van der Waals surface area contributed by atoms with E-state index in [1.807, 2.05) is 60.7 Å². The molecule has 3 nitrogen and oxygen atoms in total. The Morgan fingerprint density at radius 1 is 0.750 bits per heavy atom. The Labute approximate surface area is 172 Å². The molecule has 1 spiro atoms. The van der Waals surface area contributed by atoms with E-state index in [2.05, 4.69) is 40.2 Å². The maximum atomic E-state index is 13.6. The Morgan fingerprint density at radius 3 is 1.82 bits per heavy atom. The van der Waals surface area contributed by atoms with Crippen LogP contribution in [0.1, 0.15) is 24.0 Å². The lowest BCUT2D eigenvalue weighted by Crippen LogP contribution is -2.33. The molecule has 0 aromatic heterocycles. The molecule has 1 saturated heterocycles. The Bertz CT molecular complexity index is 1020. The van der Waals surface area contributed by atoms with Crippen LogP contribution in [0.15, 0.2) is 89.4 Å². The summed E-state index contributed by atoms with van der Waals surface area (Å²) in [4.78, 5) is 28.0. The van der Waals surface area contributed by atoms with E-state index in [4.69, 9.17) is 0 Å². The molecule has 0 bridgehead atoms. The van der Waals surface area contributed by atoms with Gasteiger partial charge in [0.15, 0.2) is 0 Å². The summed E-state index contributed by atoms with van der Waals surface area (Å²) in [5.41, 5.74) is 1.67. The van der Waals surface area contributed by atoms with Gasteiger partial charge in [-0.3, -0.25) is 14.5 Å². The molecule has 1 aliphatic carbocycles. The van der Waals surface area contributed by atoms with E-state index in [-0.39, 0.29) is 18.2 Å². The third kappa shape index (κ3) is 2.27. The minimum Gasteiger partial charge on any atom is -0.274 e. The van der Waals surface area contributed by atoms with Crippen LogP contribution in [0.4, 0.5) is 5.69 Å². The third-order valence-corrected chi connectivity index (χ3v) is 6.72. The van der Waals surface area contributed by atoms with Gasteiger partial charge in [-0.1, -0.05) is 76.6 Å². The predicted molar refractivity (Wildman–Crippen MR) is 112 cm³/mol. The van der Waals surface area contributed by atoms with E-state index >= 15 is 0 Å². The molecule has 138 valence electrons. The van der Waals surface area contributed by atoms with Crippen molar-refractivity contribution in [1.82, 2.24) is 0 Å². The van der Waals surface area contributed by atoms with Crippen molar-refractivity contribution < 1.29 is 9.59 Å². The average Bonchev–Trinajstić information content (AvgIpc) is 3.34. The monoisotopic (exact) mass is 431 g/mol. The maximum absolute atomic E-state index is 13.6. The Morgan fingerprint density at radius 2 is 1.29 bits per heavy atom. The second-order valence-electron chi connectivity index (χ2n) is 7.58. The molecule has 1 heterocycles. The Hall–Kier alpha value is -2.72. The highest BCUT2D eigenvalue weighted by atomic mass is 79.9. The lowest BCUT2D eigenvalue weighted by molar-refractivity contribution is -0.123. The first kappa shape index (κ1) is 17.4. The van der Waals surface area contributed by atoms with E-state index in [0.29, 0.717) is 12.1 Å². The standard InChI is InChI=1S/C24H18BrNO2/c25-19-11-13-20(14-12-19)26-21(27)15-23(22(26)28)16-24(23,17-7-3-1-4-8-17)18-9-5-2-6-10-18/h1-14H,15-16H2/t23-/m0/s1. The molecule has 2 aliphatic rings. The van der Waals surface area contributed by atoms with E-state index in [0.717, 1.165) is 15.6 Å². The molecule has 5 rings (SSSR count). The van der Waals surface area contributed by atoms with Gasteiger partial charge in [-0.2, -0.15) is 0 Å². The predicted octanol–water partition coefficient (Wildman–Crippen LogP) is 5.09. The van der Waals surface area contributed by atoms with Gasteiger partial charge >= 0.3 is 0 Å². The van der Waals surface area contributed by atoms with Gasteiger partial charge in [-0.15, -0.1) is 0 Å². The number of carbonyl (C=O) groups excluding carboxylic acids is 2. The van der Waals surface area contributed by atoms with Crippen molar-refractivity contribution in [1.29, 1.82) is 0 Å². The number of imide groups is 1. The van der Waals surface area contributed by atoms with Gasteiger partial charge in [0.1, 0.15) is 0 Å². The van der Waals surface area contributed by atoms with Crippen LogP contribution < -0.4 is 4.90 Å². The molecule has 1 saturated carbocycles. The lowest BCUT2D eigenvalue weighted by atomic mass is 9.79. The van der Waals surface area contributed by atoms with Gasteiger partial charge in [0.25, 0.3) is 0 Å². The molecule has 2 amide bonds. The van der Waals surface area contributed by atoms with Gasteiger partial charge in [0, 0.05) is 16.3 Å². The third-order valence-electron chi connectivity index (χ3n) is 6.19. The average molecular weight is 432 g/mol. The summed E-state index contributed by atoms with van der Waals surface area (Å²) in [5.74, 6) is -0.214. The quantitative estimate of drug-likeness (QED) is 0.541. The number of hydrogen-bond donors (Lipinski definition) is 0. The summed E-state index contributed by atoms with van der Waals surface area (Å²) >= 11 is 3.41. The van der Waals surface area contributed by atoms with Crippen molar-refractivity contribution in [3.05, 3.63) is 101 Å². The van der Waals surface area contributed by atoms with Crippen LogP contribution in [-0.4, -0.2) is 11.8 Å². The summed E-state index contributed by atoms with van der Waals surface area (Å²) in [6.45, 7) is 0. The van der Waals surface area contributed by atoms with Gasteiger partial charge in [0.05, 0.1) is 11.1 Å². The van der Waals surface area contributed by atoms with Gasteiger partial charge < -0.3 is 0 Å². The van der Waals surface area contributed by atoms with E-state index in [1.165, 1.54) is 4.90 Å². The first-order valence-electron chi connectivity index (χ1n) is 9.32. The van der Waals surface area contributed by atoms with Crippen molar-refractivity contribution in [2.24, 2.45) is 5.41 Å². The molecule has 1 atom stereocenters. The zero-order valence-corrected chi connectivity index (χ0v) is 16.7. The molecular weight excluding hydrogens is 414 g/mol. The van der Waals surface area contributed by atoms with Crippen LogP contribution in [0.25, 0.3) is 0 Å². The minimum atomic E-state index is -0.708. The number of anilines is 1. The molecule has 3 aromatic rings. The zero-order chi connectivity index (χ0) is 19.4. The number of nitrogens with zero attached hydrogens (tertiary/aromatic N) is 1. The van der Waals surface area contributed by atoms with Crippen LogP contribution in [0, 0.1) is 5.41 Å². The molecular formula is C24H18BrNO2. The first-order valence-corrected chi connectivity index (χ1v) is 10.1. The Kier molecular flexibility index (Phi) is 3.81. The van der Waals surface area contributed by atoms with Crippen molar-refractivity contribution in [2.75, 3.05) is 4.90 Å². The van der Waals surface area contributed by atoms with Crippen LogP contribution in [0.5, 0.6) is 0 Å². The molecule has 0 unspecified atom stereocenters. The second-order valence-corrected chi connectivity index (χ2v) is 8.50. The fourth-order valence-corrected chi connectivity index (χ4v) is 5.10. The first-order chi connectivity index (χ1) is 13.6. The topological polar surface area (TPSA) is 37.4 Å². The molecule has 28 heavy (non-hydrogen) atoms. The molecule has 2 fully saturated rings. The number of amides is 2. The highest BCUT2D eigenvalue weighted by molar-refractivity contribution is 9.10. The minimum absolute atomic E-state index is 0.0903. The van der Waals surface area contributed by atoms with Crippen molar-refractivity contribution in [3.8, 4) is 0 Å². The van der Waals surface area contributed by atoms with Gasteiger partial charge in [0.2, 0.25) is 11.8 Å². The molecule has 1 aliphatic heterocycles. The summed E-state index contributed by atoms with van der Waals surface area (Å²) in [5, 5.41) is 0. The normalized spacial score (nSPS) is 22.7. The molecule has 3 aromatic carbocycles. The zero-order valence-electron chi connectivity index (χ0n) is 15.1. The van der Waals surface area contributed by atoms with Crippen LogP contribution >= 0.6 is 15.9 Å². The molecule has 0 radical (unpaired) electrons. The summed E-state index contributed by atoms with van der Waals surface area (Å²) in [6.07, 6.45) is 0.900. The number of hydrogen-bond acceptors (Lipinski definition) is 2. The van der Waals surface area contributed by atoms with Crippen molar-refractivity contribution in [3.63, 3.8) is 0 Å². The number of benzene rings is 3. The summed E-state index contributed by atoms with van der Waals surface area (Å²) < 4.78 is 0.916. The van der Waals surface area contributed by atoms with Crippen molar-refractivity contribution >= 4 is 33.4 Å². The van der Waals surface area contributed by atoms with E-state index in [1.54, 1.807) is 0 Å². The Balaban J connectivity index is 1.63. The second kappa shape index (κ2) is 6.14. The largest absolute Gasteiger partial charge is 0.274 e. The van der Waals surface area contributed by atoms with E-state index < -0.39 is 10.8 Å². The van der Waals surface area contributed by atoms with Crippen molar-refractivity contribution in [2.45, 2.75) is 18.3 Å². The smallest absolute Gasteiger partial charge is 0.241 e. The summed E-state index contributed by atoms with van der Waals surface area (Å²) in [6, 6.07) is 27.6.